The Morgan fingerprint density at radius 2 is 1.80 bits per heavy atom. The van der Waals surface area contributed by atoms with Crippen LogP contribution in [0.4, 0.5) is 24.5 Å². The van der Waals surface area contributed by atoms with Gasteiger partial charge >= 0.3 is 6.18 Å². The molecule has 134 valence electrons. The third-order valence-electron chi connectivity index (χ3n) is 3.21. The van der Waals surface area contributed by atoms with Gasteiger partial charge in [0.15, 0.2) is 6.61 Å². The predicted octanol–water partition coefficient (Wildman–Crippen LogP) is 4.60. The number of ether oxygens (including phenoxy) is 1. The van der Waals surface area contributed by atoms with Crippen LogP contribution in [0.25, 0.3) is 0 Å². The lowest BCUT2D eigenvalue weighted by molar-refractivity contribution is -0.153. The number of halogens is 4. The molecule has 4 nitrogen and oxygen atoms in total. The summed E-state index contributed by atoms with van der Waals surface area (Å²) in [6, 6.07) is 10.5. The van der Waals surface area contributed by atoms with Crippen LogP contribution in [-0.2, 0) is 0 Å². The fraction of sp³-hybridized carbons (Fsp3) is 0.235. The van der Waals surface area contributed by atoms with E-state index in [1.807, 2.05) is 19.0 Å². The number of alkyl halides is 3. The number of nitrogens with zero attached hydrogens (tertiary/aromatic N) is 1. The van der Waals surface area contributed by atoms with Crippen LogP contribution in [0.3, 0.4) is 0 Å². The van der Waals surface area contributed by atoms with Crippen molar-refractivity contribution in [3.63, 3.8) is 0 Å². The number of hydrogen-bond acceptors (Lipinski definition) is 3. The summed E-state index contributed by atoms with van der Waals surface area (Å²) in [5.74, 6) is -0.377. The number of benzene rings is 2. The molecular formula is C17H16ClF3N2O2. The van der Waals surface area contributed by atoms with Gasteiger partial charge in [0.1, 0.15) is 5.75 Å². The van der Waals surface area contributed by atoms with Crippen LogP contribution < -0.4 is 15.0 Å². The third kappa shape index (κ3) is 5.56. The van der Waals surface area contributed by atoms with Crippen LogP contribution in [0.5, 0.6) is 5.75 Å². The lowest BCUT2D eigenvalue weighted by Crippen LogP contribution is -2.19. The largest absolute Gasteiger partial charge is 0.484 e. The Kier molecular flexibility index (Phi) is 5.79. The molecule has 0 aliphatic carbocycles. The Balaban J connectivity index is 2.10. The summed E-state index contributed by atoms with van der Waals surface area (Å²) in [6.07, 6.45) is -4.41. The van der Waals surface area contributed by atoms with Gasteiger partial charge in [-0.3, -0.25) is 4.79 Å². The van der Waals surface area contributed by atoms with Gasteiger partial charge in [0, 0.05) is 24.7 Å². The van der Waals surface area contributed by atoms with E-state index in [-0.39, 0.29) is 11.3 Å². The number of carbonyl (C=O) groups is 1. The molecule has 0 radical (unpaired) electrons. The van der Waals surface area contributed by atoms with Crippen LogP contribution in [0, 0.1) is 0 Å². The quantitative estimate of drug-likeness (QED) is 0.834. The summed E-state index contributed by atoms with van der Waals surface area (Å²) in [5, 5.41) is 3.21. The molecular weight excluding hydrogens is 357 g/mol. The van der Waals surface area contributed by atoms with Crippen LogP contribution in [0.2, 0.25) is 5.02 Å². The Hall–Kier alpha value is -2.41. The Morgan fingerprint density at radius 1 is 1.16 bits per heavy atom. The molecule has 0 unspecified atom stereocenters. The summed E-state index contributed by atoms with van der Waals surface area (Å²) in [6.45, 7) is -1.38. The van der Waals surface area contributed by atoms with E-state index in [0.717, 1.165) is 5.69 Å². The first kappa shape index (κ1) is 18.9. The van der Waals surface area contributed by atoms with Crippen molar-refractivity contribution < 1.29 is 22.7 Å². The second-order valence-electron chi connectivity index (χ2n) is 5.44. The molecule has 0 aliphatic heterocycles. The van der Waals surface area contributed by atoms with Crippen LogP contribution in [-0.4, -0.2) is 32.8 Å². The lowest BCUT2D eigenvalue weighted by Gasteiger charge is -2.18. The molecule has 0 aromatic heterocycles. The SMILES string of the molecule is CN(C)c1ccc(Cl)cc1NC(=O)c1ccc(OCC(F)(F)F)cc1. The highest BCUT2D eigenvalue weighted by molar-refractivity contribution is 6.31. The highest BCUT2D eigenvalue weighted by Crippen LogP contribution is 2.28. The van der Waals surface area contributed by atoms with Gasteiger partial charge < -0.3 is 15.0 Å². The first-order chi connectivity index (χ1) is 11.7. The molecule has 2 aromatic carbocycles. The monoisotopic (exact) mass is 372 g/mol. The normalized spacial score (nSPS) is 11.1. The average Bonchev–Trinajstić information content (AvgIpc) is 2.52. The highest BCUT2D eigenvalue weighted by Gasteiger charge is 2.28. The second-order valence-corrected chi connectivity index (χ2v) is 5.87. The highest BCUT2D eigenvalue weighted by atomic mass is 35.5. The fourth-order valence-corrected chi connectivity index (χ4v) is 2.23. The first-order valence-corrected chi connectivity index (χ1v) is 7.61. The van der Waals surface area contributed by atoms with Crippen molar-refractivity contribution in [3.8, 4) is 5.75 Å². The van der Waals surface area contributed by atoms with Crippen molar-refractivity contribution in [1.82, 2.24) is 0 Å². The number of rotatable bonds is 5. The van der Waals surface area contributed by atoms with Gasteiger partial charge in [-0.2, -0.15) is 13.2 Å². The zero-order valence-electron chi connectivity index (χ0n) is 13.5. The fourth-order valence-electron chi connectivity index (χ4n) is 2.06. The van der Waals surface area contributed by atoms with Gasteiger partial charge in [0.05, 0.1) is 11.4 Å². The van der Waals surface area contributed by atoms with E-state index in [2.05, 4.69) is 10.1 Å². The minimum atomic E-state index is -4.41. The van der Waals surface area contributed by atoms with Crippen molar-refractivity contribution >= 4 is 28.9 Å². The minimum absolute atomic E-state index is 0.0330. The Labute approximate surface area is 148 Å². The van der Waals surface area contributed by atoms with Gasteiger partial charge in [-0.15, -0.1) is 0 Å². The average molecular weight is 373 g/mol. The summed E-state index contributed by atoms with van der Waals surface area (Å²) in [4.78, 5) is 14.2. The predicted molar refractivity (Wildman–Crippen MR) is 91.7 cm³/mol. The molecule has 1 N–H and O–H groups in total. The Morgan fingerprint density at radius 3 is 2.36 bits per heavy atom. The maximum atomic E-state index is 12.3. The molecule has 8 heteroatoms. The van der Waals surface area contributed by atoms with Crippen LogP contribution >= 0.6 is 11.6 Å². The molecule has 0 heterocycles. The topological polar surface area (TPSA) is 41.6 Å². The van der Waals surface area contributed by atoms with E-state index in [1.54, 1.807) is 18.2 Å². The van der Waals surface area contributed by atoms with E-state index in [1.165, 1.54) is 24.3 Å². The molecule has 0 saturated heterocycles. The molecule has 2 aromatic rings. The van der Waals surface area contributed by atoms with Crippen molar-refractivity contribution in [1.29, 1.82) is 0 Å². The first-order valence-electron chi connectivity index (χ1n) is 7.23. The van der Waals surface area contributed by atoms with E-state index in [9.17, 15) is 18.0 Å². The molecule has 2 rings (SSSR count). The molecule has 0 atom stereocenters. The molecule has 0 fully saturated rings. The summed E-state index contributed by atoms with van der Waals surface area (Å²) < 4.78 is 41.0. The number of nitrogens with one attached hydrogen (secondary N) is 1. The molecule has 1 amide bonds. The number of hydrogen-bond donors (Lipinski definition) is 1. The van der Waals surface area contributed by atoms with Crippen molar-refractivity contribution in [2.45, 2.75) is 6.18 Å². The molecule has 25 heavy (non-hydrogen) atoms. The number of anilines is 2. The van der Waals surface area contributed by atoms with E-state index in [0.29, 0.717) is 10.7 Å². The molecule has 0 saturated carbocycles. The van der Waals surface area contributed by atoms with Crippen molar-refractivity contribution in [3.05, 3.63) is 53.1 Å². The zero-order valence-corrected chi connectivity index (χ0v) is 14.3. The van der Waals surface area contributed by atoms with Gasteiger partial charge in [-0.1, -0.05) is 11.6 Å². The summed E-state index contributed by atoms with van der Waals surface area (Å²) in [7, 11) is 3.65. The second kappa shape index (κ2) is 7.65. The Bertz CT molecular complexity index is 747. The van der Waals surface area contributed by atoms with Gasteiger partial charge in [-0.05, 0) is 42.5 Å². The van der Waals surface area contributed by atoms with Crippen molar-refractivity contribution in [2.24, 2.45) is 0 Å². The minimum Gasteiger partial charge on any atom is -0.484 e. The lowest BCUT2D eigenvalue weighted by atomic mass is 10.2. The van der Waals surface area contributed by atoms with E-state index < -0.39 is 18.7 Å². The zero-order chi connectivity index (χ0) is 18.6. The molecule has 0 aliphatic rings. The smallest absolute Gasteiger partial charge is 0.422 e. The van der Waals surface area contributed by atoms with Crippen molar-refractivity contribution in [2.75, 3.05) is 30.9 Å². The molecule has 0 spiro atoms. The van der Waals surface area contributed by atoms with Gasteiger partial charge in [0.2, 0.25) is 0 Å². The van der Waals surface area contributed by atoms with Crippen LogP contribution in [0.15, 0.2) is 42.5 Å². The maximum absolute atomic E-state index is 12.3. The standard InChI is InChI=1S/C17H16ClF3N2O2/c1-23(2)15-8-5-12(18)9-14(15)22-16(24)11-3-6-13(7-4-11)25-10-17(19,20)21/h3-9H,10H2,1-2H3,(H,22,24). The van der Waals surface area contributed by atoms with Crippen LogP contribution in [0.1, 0.15) is 10.4 Å². The van der Waals surface area contributed by atoms with E-state index >= 15 is 0 Å². The summed E-state index contributed by atoms with van der Waals surface area (Å²) >= 11 is 5.97. The number of carbonyl (C=O) groups excluding carboxylic acids is 1. The third-order valence-corrected chi connectivity index (χ3v) is 3.44. The van der Waals surface area contributed by atoms with Gasteiger partial charge in [0.25, 0.3) is 5.91 Å². The molecule has 0 bridgehead atoms. The number of amides is 1. The van der Waals surface area contributed by atoms with Gasteiger partial charge in [-0.25, -0.2) is 0 Å². The summed E-state index contributed by atoms with van der Waals surface area (Å²) in [5.41, 5.74) is 1.58. The van der Waals surface area contributed by atoms with E-state index in [4.69, 9.17) is 11.6 Å². The maximum Gasteiger partial charge on any atom is 0.422 e.